The van der Waals surface area contributed by atoms with Crippen LogP contribution in [0, 0.1) is 0 Å². The summed E-state index contributed by atoms with van der Waals surface area (Å²) in [7, 11) is 0. The zero-order valence-electron chi connectivity index (χ0n) is 17.1. The highest BCUT2D eigenvalue weighted by Gasteiger charge is 2.27. The van der Waals surface area contributed by atoms with Crippen LogP contribution in [0.1, 0.15) is 35.1 Å². The number of pyridine rings is 1. The van der Waals surface area contributed by atoms with Crippen molar-refractivity contribution in [3.63, 3.8) is 0 Å². The van der Waals surface area contributed by atoms with E-state index in [0.717, 1.165) is 11.5 Å². The Balaban J connectivity index is 1.27. The maximum atomic E-state index is 12.6. The van der Waals surface area contributed by atoms with E-state index in [1.165, 1.54) is 6.20 Å². The molecule has 2 atom stereocenters. The van der Waals surface area contributed by atoms with Gasteiger partial charge >= 0.3 is 12.3 Å². The molecule has 3 aromatic rings. The van der Waals surface area contributed by atoms with Crippen LogP contribution in [-0.2, 0) is 0 Å². The molecule has 1 aromatic carbocycles. The average Bonchev–Trinajstić information content (AvgIpc) is 3.25. The van der Waals surface area contributed by atoms with E-state index in [0.29, 0.717) is 35.5 Å². The molecule has 1 fully saturated rings. The van der Waals surface area contributed by atoms with Crippen LogP contribution < -0.4 is 15.4 Å². The van der Waals surface area contributed by atoms with Gasteiger partial charge in [-0.2, -0.15) is 13.2 Å². The molecule has 0 aliphatic carbocycles. The molecular formula is C21H19ClF3N5O3. The number of nitrogens with zero attached hydrogens (tertiary/aromatic N) is 3. The Hall–Kier alpha value is -3.18. The van der Waals surface area contributed by atoms with E-state index in [4.69, 9.17) is 20.8 Å². The molecule has 1 saturated heterocycles. The van der Waals surface area contributed by atoms with Crippen molar-refractivity contribution in [3.8, 4) is 6.08 Å². The van der Waals surface area contributed by atoms with Gasteiger partial charge in [0.05, 0.1) is 17.1 Å². The number of hydrogen-bond donors (Lipinski definition) is 2. The monoisotopic (exact) mass is 481 g/mol. The zero-order valence-corrected chi connectivity index (χ0v) is 17.9. The van der Waals surface area contributed by atoms with Crippen molar-refractivity contribution in [1.29, 1.82) is 0 Å². The number of piperidine rings is 1. The minimum atomic E-state index is -4.40. The second kappa shape index (κ2) is 9.75. The van der Waals surface area contributed by atoms with Crippen LogP contribution in [-0.4, -0.2) is 46.5 Å². The Morgan fingerprint density at radius 3 is 2.91 bits per heavy atom. The summed E-state index contributed by atoms with van der Waals surface area (Å²) in [4.78, 5) is 16.9. The first-order valence-corrected chi connectivity index (χ1v) is 10.4. The molecule has 1 aliphatic heterocycles. The Morgan fingerprint density at radius 2 is 2.15 bits per heavy atom. The minimum absolute atomic E-state index is 0.0744. The maximum absolute atomic E-state index is 12.6. The van der Waals surface area contributed by atoms with Gasteiger partial charge in [-0.15, -0.1) is 5.10 Å². The van der Waals surface area contributed by atoms with E-state index in [1.807, 2.05) is 6.07 Å². The largest absolute Gasteiger partial charge is 0.445 e. The average molecular weight is 482 g/mol. The van der Waals surface area contributed by atoms with Crippen LogP contribution in [0.4, 0.5) is 13.2 Å². The second-order valence-corrected chi connectivity index (χ2v) is 7.87. The van der Waals surface area contributed by atoms with Gasteiger partial charge in [-0.1, -0.05) is 22.8 Å². The lowest BCUT2D eigenvalue weighted by Gasteiger charge is -2.28. The van der Waals surface area contributed by atoms with Gasteiger partial charge in [0.25, 0.3) is 5.91 Å². The summed E-state index contributed by atoms with van der Waals surface area (Å²) in [5, 5.41) is 15.2. The van der Waals surface area contributed by atoms with E-state index in [-0.39, 0.29) is 42.6 Å². The molecule has 0 unspecified atom stereocenters. The Bertz CT molecular complexity index is 1160. The topological polar surface area (TPSA) is 102 Å². The molecular weight excluding hydrogens is 463 g/mol. The number of allylic oxidation sites excluding steroid dienone is 1. The molecule has 12 heteroatoms. The van der Waals surface area contributed by atoms with Crippen LogP contribution in [0.15, 0.2) is 47.0 Å². The Morgan fingerprint density at radius 1 is 1.30 bits per heavy atom. The Kier molecular flexibility index (Phi) is 6.80. The van der Waals surface area contributed by atoms with E-state index in [1.54, 1.807) is 18.2 Å². The number of nitrogens with one attached hydrogen (secondary N) is 2. The van der Waals surface area contributed by atoms with Gasteiger partial charge in [0.15, 0.2) is 0 Å². The van der Waals surface area contributed by atoms with E-state index in [2.05, 4.69) is 25.8 Å². The van der Waals surface area contributed by atoms with Crippen molar-refractivity contribution >= 4 is 28.4 Å². The summed E-state index contributed by atoms with van der Waals surface area (Å²) in [6.45, 7) is 0.129. The van der Waals surface area contributed by atoms with Gasteiger partial charge in [-0.05, 0) is 37.1 Å². The van der Waals surface area contributed by atoms with Crippen LogP contribution in [0.25, 0.3) is 10.9 Å². The summed E-state index contributed by atoms with van der Waals surface area (Å²) in [6.07, 6.45) is -0.945. The number of ether oxygens (including phenoxy) is 1. The predicted molar refractivity (Wildman–Crippen MR) is 113 cm³/mol. The third-order valence-corrected chi connectivity index (χ3v) is 5.22. The zero-order chi connectivity index (χ0) is 23.4. The standard InChI is InChI=1S/C21H19ClF3N5O3/c22-14-3-2-12-8-13(10-26-17(12)9-14)18(31)28-15-4-5-16(27-11-15)19-29-30-20(33-19)32-7-1-6-21(23,24)25/h1-3,6,8-10,15-16,27H,4-5,7,11H2,(H,28,31)/b6-1+/t15-,16+/m0/s1. The number of rotatable bonds is 6. The SMILES string of the molecule is O=C(N[C@H]1CC[C@H](c2nnc(OC/C=C/C(F)(F)F)o2)NC1)c1cnc2cc(Cl)ccc2c1. The molecule has 2 aromatic heterocycles. The first-order valence-electron chi connectivity index (χ1n) is 10.1. The van der Waals surface area contributed by atoms with Gasteiger partial charge in [-0.25, -0.2) is 0 Å². The summed E-state index contributed by atoms with van der Waals surface area (Å²) in [5.74, 6) is 0.0388. The van der Waals surface area contributed by atoms with Crippen LogP contribution in [0.5, 0.6) is 6.08 Å². The van der Waals surface area contributed by atoms with Gasteiger partial charge in [0, 0.05) is 35.3 Å². The fraction of sp³-hybridized carbons (Fsp3) is 0.333. The fourth-order valence-corrected chi connectivity index (χ4v) is 3.56. The molecule has 4 rings (SSSR count). The highest BCUT2D eigenvalue weighted by Crippen LogP contribution is 2.25. The first-order chi connectivity index (χ1) is 15.8. The van der Waals surface area contributed by atoms with Gasteiger partial charge in [0.2, 0.25) is 5.89 Å². The van der Waals surface area contributed by atoms with Gasteiger partial charge in [-0.3, -0.25) is 9.78 Å². The Labute approximate surface area is 191 Å². The summed E-state index contributed by atoms with van der Waals surface area (Å²) >= 11 is 5.96. The lowest BCUT2D eigenvalue weighted by Crippen LogP contribution is -2.46. The van der Waals surface area contributed by atoms with Gasteiger partial charge < -0.3 is 19.8 Å². The molecule has 0 spiro atoms. The smallest absolute Gasteiger partial charge is 0.415 e. The van der Waals surface area contributed by atoms with Crippen molar-refractivity contribution in [2.24, 2.45) is 0 Å². The lowest BCUT2D eigenvalue weighted by molar-refractivity contribution is -0.0802. The molecule has 1 aliphatic rings. The molecule has 0 radical (unpaired) electrons. The third kappa shape index (κ3) is 6.20. The summed E-state index contributed by atoms with van der Waals surface area (Å²) in [5.41, 5.74) is 1.16. The van der Waals surface area contributed by atoms with Gasteiger partial charge in [0.1, 0.15) is 6.61 Å². The molecule has 33 heavy (non-hydrogen) atoms. The fourth-order valence-electron chi connectivity index (χ4n) is 3.40. The summed E-state index contributed by atoms with van der Waals surface area (Å²) < 4.78 is 46.6. The molecule has 174 valence electrons. The lowest BCUT2D eigenvalue weighted by atomic mass is 10.0. The van der Waals surface area contributed by atoms with Crippen molar-refractivity contribution in [3.05, 3.63) is 59.1 Å². The molecule has 2 N–H and O–H groups in total. The number of amides is 1. The quantitative estimate of drug-likeness (QED) is 0.513. The number of halogens is 4. The van der Waals surface area contributed by atoms with Crippen LogP contribution in [0.2, 0.25) is 5.02 Å². The normalized spacial score (nSPS) is 19.2. The van der Waals surface area contributed by atoms with Crippen LogP contribution >= 0.6 is 11.6 Å². The minimum Gasteiger partial charge on any atom is -0.445 e. The number of hydrogen-bond acceptors (Lipinski definition) is 7. The maximum Gasteiger partial charge on any atom is 0.415 e. The summed E-state index contributed by atoms with van der Waals surface area (Å²) in [6, 6.07) is 6.68. The van der Waals surface area contributed by atoms with E-state index < -0.39 is 6.18 Å². The number of fused-ring (bicyclic) bond motifs is 1. The number of aromatic nitrogens is 3. The van der Waals surface area contributed by atoms with Crippen molar-refractivity contribution in [2.45, 2.75) is 31.1 Å². The van der Waals surface area contributed by atoms with Crippen molar-refractivity contribution in [1.82, 2.24) is 25.8 Å². The van der Waals surface area contributed by atoms with Crippen molar-refractivity contribution in [2.75, 3.05) is 13.2 Å². The first kappa shape index (κ1) is 23.0. The van der Waals surface area contributed by atoms with E-state index in [9.17, 15) is 18.0 Å². The molecule has 0 bridgehead atoms. The molecule has 1 amide bonds. The number of carbonyl (C=O) groups excluding carboxylic acids is 1. The third-order valence-electron chi connectivity index (χ3n) is 4.99. The highest BCUT2D eigenvalue weighted by atomic mass is 35.5. The highest BCUT2D eigenvalue weighted by molar-refractivity contribution is 6.31. The van der Waals surface area contributed by atoms with E-state index >= 15 is 0 Å². The number of alkyl halides is 3. The second-order valence-electron chi connectivity index (χ2n) is 7.43. The molecule has 3 heterocycles. The predicted octanol–water partition coefficient (Wildman–Crippen LogP) is 3.99. The molecule has 0 saturated carbocycles. The van der Waals surface area contributed by atoms with Crippen molar-refractivity contribution < 1.29 is 27.1 Å². The number of carbonyl (C=O) groups is 1. The number of benzene rings is 1. The van der Waals surface area contributed by atoms with Crippen LogP contribution in [0.3, 0.4) is 0 Å². The molecule has 8 nitrogen and oxygen atoms in total.